The minimum atomic E-state index is -1.01. The predicted molar refractivity (Wildman–Crippen MR) is 63.7 cm³/mol. The van der Waals surface area contributed by atoms with Gasteiger partial charge in [0.15, 0.2) is 0 Å². The maximum Gasteiger partial charge on any atom is 0.325 e. The zero-order valence-corrected chi connectivity index (χ0v) is 10.6. The van der Waals surface area contributed by atoms with Crippen LogP contribution in [0.3, 0.4) is 0 Å². The number of nitrogens with zero attached hydrogens (tertiary/aromatic N) is 1. The van der Waals surface area contributed by atoms with Crippen LogP contribution in [0.4, 0.5) is 4.79 Å². The van der Waals surface area contributed by atoms with E-state index in [1.807, 2.05) is 18.7 Å². The van der Waals surface area contributed by atoms with E-state index in [4.69, 9.17) is 5.11 Å². The lowest BCUT2D eigenvalue weighted by Crippen LogP contribution is -2.54. The molecule has 1 saturated heterocycles. The van der Waals surface area contributed by atoms with E-state index in [0.717, 1.165) is 5.75 Å². The van der Waals surface area contributed by atoms with Gasteiger partial charge in [0.2, 0.25) is 0 Å². The molecule has 0 spiro atoms. The molecule has 5 nitrogen and oxygen atoms in total. The van der Waals surface area contributed by atoms with Crippen molar-refractivity contribution in [2.24, 2.45) is 0 Å². The second-order valence-corrected chi connectivity index (χ2v) is 5.50. The number of rotatable bonds is 2. The molecule has 0 aromatic rings. The summed E-state index contributed by atoms with van der Waals surface area (Å²) in [5, 5.41) is 11.6. The van der Waals surface area contributed by atoms with E-state index in [1.54, 1.807) is 4.90 Å². The first-order valence-corrected chi connectivity index (χ1v) is 6.40. The molecule has 0 aliphatic carbocycles. The summed E-state index contributed by atoms with van der Waals surface area (Å²) in [4.78, 5) is 24.1. The molecule has 1 aliphatic rings. The first-order valence-electron chi connectivity index (χ1n) is 5.35. The Morgan fingerprint density at radius 3 is 2.69 bits per heavy atom. The number of thioether (sulfide) groups is 1. The van der Waals surface area contributed by atoms with Crippen LogP contribution in [0.5, 0.6) is 0 Å². The summed E-state index contributed by atoms with van der Waals surface area (Å²) in [5.41, 5.74) is 0. The average Bonchev–Trinajstić information content (AvgIpc) is 2.21. The fourth-order valence-electron chi connectivity index (χ4n) is 1.55. The number of amides is 2. The third-order valence-electron chi connectivity index (χ3n) is 2.86. The van der Waals surface area contributed by atoms with Gasteiger partial charge < -0.3 is 15.3 Å². The average molecular weight is 246 g/mol. The van der Waals surface area contributed by atoms with Gasteiger partial charge in [0.05, 0.1) is 0 Å². The molecule has 0 bridgehead atoms. The molecule has 92 valence electrons. The lowest BCUT2D eigenvalue weighted by molar-refractivity contribution is -0.138. The molecule has 0 aromatic heterocycles. The van der Waals surface area contributed by atoms with Crippen molar-refractivity contribution in [2.75, 3.05) is 12.3 Å². The molecular formula is C10H18N2O3S. The maximum absolute atomic E-state index is 11.8. The molecule has 0 radical (unpaired) electrons. The number of nitrogens with one attached hydrogen (secondary N) is 1. The van der Waals surface area contributed by atoms with Gasteiger partial charge in [-0.1, -0.05) is 6.92 Å². The first kappa shape index (κ1) is 13.2. The van der Waals surface area contributed by atoms with Crippen LogP contribution in [0.25, 0.3) is 0 Å². The van der Waals surface area contributed by atoms with Crippen molar-refractivity contribution in [2.45, 2.75) is 38.1 Å². The normalized spacial score (nSPS) is 27.3. The summed E-state index contributed by atoms with van der Waals surface area (Å²) < 4.78 is 0. The Morgan fingerprint density at radius 2 is 2.12 bits per heavy atom. The van der Waals surface area contributed by atoms with Crippen molar-refractivity contribution < 1.29 is 14.7 Å². The van der Waals surface area contributed by atoms with E-state index in [2.05, 4.69) is 12.2 Å². The highest BCUT2D eigenvalue weighted by Gasteiger charge is 2.30. The summed E-state index contributed by atoms with van der Waals surface area (Å²) >= 11 is 1.83. The quantitative estimate of drug-likeness (QED) is 0.762. The number of aliphatic carboxylic acids is 1. The van der Waals surface area contributed by atoms with Crippen LogP contribution in [0.2, 0.25) is 0 Å². The van der Waals surface area contributed by atoms with Gasteiger partial charge in [0.25, 0.3) is 0 Å². The molecule has 1 rings (SSSR count). The van der Waals surface area contributed by atoms with E-state index in [9.17, 15) is 9.59 Å². The summed E-state index contributed by atoms with van der Waals surface area (Å²) in [6.45, 7) is 6.21. The van der Waals surface area contributed by atoms with E-state index < -0.39 is 12.0 Å². The molecule has 1 heterocycles. The van der Waals surface area contributed by atoms with Gasteiger partial charge in [-0.05, 0) is 13.8 Å². The van der Waals surface area contributed by atoms with Crippen LogP contribution in [0.1, 0.15) is 20.8 Å². The van der Waals surface area contributed by atoms with Gasteiger partial charge in [-0.15, -0.1) is 0 Å². The number of carboxylic acids is 1. The van der Waals surface area contributed by atoms with Crippen LogP contribution >= 0.6 is 11.8 Å². The molecule has 2 N–H and O–H groups in total. The molecule has 6 heteroatoms. The number of urea groups is 1. The highest BCUT2D eigenvalue weighted by Crippen LogP contribution is 2.24. The lowest BCUT2D eigenvalue weighted by atomic mass is 10.2. The summed E-state index contributed by atoms with van der Waals surface area (Å²) in [5.74, 6) is -0.110. The van der Waals surface area contributed by atoms with Crippen LogP contribution in [-0.4, -0.2) is 51.6 Å². The molecular weight excluding hydrogens is 228 g/mol. The monoisotopic (exact) mass is 246 g/mol. The number of hydrogen-bond acceptors (Lipinski definition) is 3. The molecule has 0 aromatic carbocycles. The minimum Gasteiger partial charge on any atom is -0.480 e. The fourth-order valence-corrected chi connectivity index (χ4v) is 2.65. The Hall–Kier alpha value is -0.910. The van der Waals surface area contributed by atoms with Gasteiger partial charge >= 0.3 is 12.0 Å². The second-order valence-electron chi connectivity index (χ2n) is 4.02. The Balaban J connectivity index is 2.56. The molecule has 1 fully saturated rings. The second kappa shape index (κ2) is 5.43. The van der Waals surface area contributed by atoms with Crippen molar-refractivity contribution >= 4 is 23.8 Å². The lowest BCUT2D eigenvalue weighted by Gasteiger charge is -2.37. The van der Waals surface area contributed by atoms with Gasteiger partial charge in [-0.2, -0.15) is 11.8 Å². The van der Waals surface area contributed by atoms with Gasteiger partial charge in [0, 0.05) is 23.6 Å². The Kier molecular flexibility index (Phi) is 4.46. The molecule has 16 heavy (non-hydrogen) atoms. The Bertz CT molecular complexity index is 285. The largest absolute Gasteiger partial charge is 0.480 e. The highest BCUT2D eigenvalue weighted by atomic mass is 32.2. The van der Waals surface area contributed by atoms with Crippen LogP contribution in [-0.2, 0) is 4.79 Å². The van der Waals surface area contributed by atoms with Crippen molar-refractivity contribution in [3.05, 3.63) is 0 Å². The van der Waals surface area contributed by atoms with Gasteiger partial charge in [-0.25, -0.2) is 4.79 Å². The van der Waals surface area contributed by atoms with E-state index in [1.165, 1.54) is 6.92 Å². The van der Waals surface area contributed by atoms with Crippen LogP contribution in [0, 0.1) is 0 Å². The van der Waals surface area contributed by atoms with Crippen LogP contribution < -0.4 is 5.32 Å². The molecule has 1 aliphatic heterocycles. The molecule has 3 atom stereocenters. The smallest absolute Gasteiger partial charge is 0.325 e. The van der Waals surface area contributed by atoms with Crippen LogP contribution in [0.15, 0.2) is 0 Å². The molecule has 2 unspecified atom stereocenters. The first-order chi connectivity index (χ1) is 7.43. The highest BCUT2D eigenvalue weighted by molar-refractivity contribution is 8.00. The predicted octanol–water partition coefficient (Wildman–Crippen LogP) is 0.995. The number of carbonyl (C=O) groups excluding carboxylic acids is 1. The SMILES string of the molecule is CC1SCCN(C(=O)N[C@@H](C)C(=O)O)C1C. The Morgan fingerprint density at radius 1 is 1.50 bits per heavy atom. The number of carboxylic acid groups (broad SMARTS) is 1. The molecule has 0 saturated carbocycles. The third-order valence-corrected chi connectivity index (χ3v) is 4.19. The number of hydrogen-bond donors (Lipinski definition) is 2. The molecule has 2 amide bonds. The summed E-state index contributed by atoms with van der Waals surface area (Å²) in [6, 6.07) is -0.987. The standard InChI is InChI=1S/C10H18N2O3S/c1-6(9(13)14)11-10(15)12-4-5-16-8(3)7(12)2/h6-8H,4-5H2,1-3H3,(H,11,15)(H,13,14)/t6-,7?,8?/m0/s1. The van der Waals surface area contributed by atoms with Crippen molar-refractivity contribution in [1.29, 1.82) is 0 Å². The third kappa shape index (κ3) is 3.04. The van der Waals surface area contributed by atoms with E-state index in [0.29, 0.717) is 11.8 Å². The summed E-state index contributed by atoms with van der Waals surface area (Å²) in [6.07, 6.45) is 0. The van der Waals surface area contributed by atoms with E-state index >= 15 is 0 Å². The fraction of sp³-hybridized carbons (Fsp3) is 0.800. The van der Waals surface area contributed by atoms with Crippen molar-refractivity contribution in [3.8, 4) is 0 Å². The van der Waals surface area contributed by atoms with Gasteiger partial charge in [0.1, 0.15) is 6.04 Å². The van der Waals surface area contributed by atoms with Gasteiger partial charge in [-0.3, -0.25) is 4.79 Å². The maximum atomic E-state index is 11.8. The minimum absolute atomic E-state index is 0.139. The van der Waals surface area contributed by atoms with Crippen molar-refractivity contribution in [1.82, 2.24) is 10.2 Å². The number of carbonyl (C=O) groups is 2. The topological polar surface area (TPSA) is 69.6 Å². The summed E-state index contributed by atoms with van der Waals surface area (Å²) in [7, 11) is 0. The zero-order chi connectivity index (χ0) is 12.3. The van der Waals surface area contributed by atoms with Crippen molar-refractivity contribution in [3.63, 3.8) is 0 Å². The van der Waals surface area contributed by atoms with E-state index in [-0.39, 0.29) is 12.1 Å². The Labute approximate surface area is 99.6 Å². The zero-order valence-electron chi connectivity index (χ0n) is 9.77.